The van der Waals surface area contributed by atoms with Crippen LogP contribution >= 0.6 is 0 Å². The lowest BCUT2D eigenvalue weighted by Crippen LogP contribution is -2.34. The smallest absolute Gasteiger partial charge is 0.222 e. The summed E-state index contributed by atoms with van der Waals surface area (Å²) in [7, 11) is 1.69. The number of hydrogen-bond acceptors (Lipinski definition) is 2. The Bertz CT molecular complexity index is 233. The lowest BCUT2D eigenvalue weighted by molar-refractivity contribution is -0.126. The Morgan fingerprint density at radius 1 is 1.20 bits per heavy atom. The zero-order valence-corrected chi connectivity index (χ0v) is 9.51. The van der Waals surface area contributed by atoms with Crippen molar-refractivity contribution in [1.82, 2.24) is 10.6 Å². The average Bonchev–Trinajstić information content (AvgIpc) is 2.26. The van der Waals surface area contributed by atoms with Gasteiger partial charge in [-0.15, -0.1) is 0 Å². The maximum Gasteiger partial charge on any atom is 0.222 e. The summed E-state index contributed by atoms with van der Waals surface area (Å²) >= 11 is 0. The second-order valence-corrected chi connectivity index (χ2v) is 4.27. The zero-order valence-electron chi connectivity index (χ0n) is 9.51. The van der Waals surface area contributed by atoms with Gasteiger partial charge in [0.15, 0.2) is 0 Å². The van der Waals surface area contributed by atoms with Crippen molar-refractivity contribution >= 4 is 11.8 Å². The Hall–Kier alpha value is -1.06. The molecule has 1 aliphatic carbocycles. The van der Waals surface area contributed by atoms with Crippen LogP contribution in [0.25, 0.3) is 0 Å². The van der Waals surface area contributed by atoms with Crippen LogP contribution in [-0.2, 0) is 9.59 Å². The monoisotopic (exact) mass is 212 g/mol. The van der Waals surface area contributed by atoms with Gasteiger partial charge in [-0.25, -0.2) is 0 Å². The average molecular weight is 212 g/mol. The first-order valence-corrected chi connectivity index (χ1v) is 5.59. The summed E-state index contributed by atoms with van der Waals surface area (Å²) in [6, 6.07) is 0. The van der Waals surface area contributed by atoms with E-state index in [0.29, 0.717) is 5.92 Å². The molecule has 1 fully saturated rings. The van der Waals surface area contributed by atoms with E-state index in [-0.39, 0.29) is 17.7 Å². The SMILES string of the molecule is CNC(=O)C1CCC(CNC(C)=O)CC1. The van der Waals surface area contributed by atoms with E-state index in [0.717, 1.165) is 32.2 Å². The van der Waals surface area contributed by atoms with Gasteiger partial charge in [0.25, 0.3) is 0 Å². The van der Waals surface area contributed by atoms with Crippen molar-refractivity contribution in [1.29, 1.82) is 0 Å². The minimum atomic E-state index is 0.0309. The summed E-state index contributed by atoms with van der Waals surface area (Å²) < 4.78 is 0. The summed E-state index contributed by atoms with van der Waals surface area (Å²) in [5.41, 5.74) is 0. The van der Waals surface area contributed by atoms with Crippen molar-refractivity contribution in [3.8, 4) is 0 Å². The predicted octanol–water partition coefficient (Wildman–Crippen LogP) is 0.675. The van der Waals surface area contributed by atoms with Crippen LogP contribution in [0.15, 0.2) is 0 Å². The van der Waals surface area contributed by atoms with Crippen LogP contribution < -0.4 is 10.6 Å². The molecule has 1 saturated carbocycles. The fourth-order valence-electron chi connectivity index (χ4n) is 2.12. The standard InChI is InChI=1S/C11H20N2O2/c1-8(14)13-7-9-3-5-10(6-4-9)11(15)12-2/h9-10H,3-7H2,1-2H3,(H,12,15)(H,13,14). The summed E-state index contributed by atoms with van der Waals surface area (Å²) in [4.78, 5) is 22.1. The normalized spacial score (nSPS) is 25.7. The lowest BCUT2D eigenvalue weighted by Gasteiger charge is -2.27. The number of hydrogen-bond donors (Lipinski definition) is 2. The van der Waals surface area contributed by atoms with Crippen molar-refractivity contribution in [2.24, 2.45) is 11.8 Å². The van der Waals surface area contributed by atoms with E-state index in [9.17, 15) is 9.59 Å². The van der Waals surface area contributed by atoms with E-state index in [2.05, 4.69) is 10.6 Å². The molecule has 86 valence electrons. The van der Waals surface area contributed by atoms with Gasteiger partial charge in [0.2, 0.25) is 11.8 Å². The molecular formula is C11H20N2O2. The van der Waals surface area contributed by atoms with Crippen molar-refractivity contribution < 1.29 is 9.59 Å². The van der Waals surface area contributed by atoms with Gasteiger partial charge >= 0.3 is 0 Å². The molecule has 0 unspecified atom stereocenters. The third-order valence-corrected chi connectivity index (χ3v) is 3.10. The molecule has 15 heavy (non-hydrogen) atoms. The Morgan fingerprint density at radius 2 is 1.80 bits per heavy atom. The van der Waals surface area contributed by atoms with Crippen molar-refractivity contribution in [3.63, 3.8) is 0 Å². The molecule has 0 bridgehead atoms. The van der Waals surface area contributed by atoms with Crippen LogP contribution in [0.4, 0.5) is 0 Å². The Morgan fingerprint density at radius 3 is 2.27 bits per heavy atom. The molecular weight excluding hydrogens is 192 g/mol. The highest BCUT2D eigenvalue weighted by atomic mass is 16.2. The van der Waals surface area contributed by atoms with Gasteiger partial charge in [-0.1, -0.05) is 0 Å². The molecule has 0 aromatic rings. The van der Waals surface area contributed by atoms with E-state index in [1.807, 2.05) is 0 Å². The van der Waals surface area contributed by atoms with Gasteiger partial charge in [0.1, 0.15) is 0 Å². The third-order valence-electron chi connectivity index (χ3n) is 3.10. The lowest BCUT2D eigenvalue weighted by atomic mass is 9.81. The topological polar surface area (TPSA) is 58.2 Å². The molecule has 1 rings (SSSR count). The van der Waals surface area contributed by atoms with Crippen molar-refractivity contribution in [2.45, 2.75) is 32.6 Å². The minimum Gasteiger partial charge on any atom is -0.359 e. The molecule has 0 saturated heterocycles. The first kappa shape index (κ1) is 12.0. The molecule has 2 N–H and O–H groups in total. The summed E-state index contributed by atoms with van der Waals surface area (Å²) in [6.07, 6.45) is 3.98. The fourth-order valence-corrected chi connectivity index (χ4v) is 2.12. The summed E-state index contributed by atoms with van der Waals surface area (Å²) in [5.74, 6) is 0.926. The van der Waals surface area contributed by atoms with Crippen LogP contribution in [0.1, 0.15) is 32.6 Å². The Labute approximate surface area is 90.8 Å². The highest BCUT2D eigenvalue weighted by Crippen LogP contribution is 2.28. The predicted molar refractivity (Wildman–Crippen MR) is 58.2 cm³/mol. The van der Waals surface area contributed by atoms with Crippen LogP contribution in [-0.4, -0.2) is 25.4 Å². The van der Waals surface area contributed by atoms with Crippen LogP contribution in [0.5, 0.6) is 0 Å². The molecule has 4 heteroatoms. The first-order valence-electron chi connectivity index (χ1n) is 5.59. The van der Waals surface area contributed by atoms with E-state index < -0.39 is 0 Å². The maximum absolute atomic E-state index is 11.4. The zero-order chi connectivity index (χ0) is 11.3. The van der Waals surface area contributed by atoms with Gasteiger partial charge in [-0.2, -0.15) is 0 Å². The number of amides is 2. The van der Waals surface area contributed by atoms with Crippen LogP contribution in [0.2, 0.25) is 0 Å². The molecule has 0 aromatic carbocycles. The molecule has 2 amide bonds. The van der Waals surface area contributed by atoms with E-state index in [1.54, 1.807) is 7.05 Å². The van der Waals surface area contributed by atoms with Gasteiger partial charge in [-0.3, -0.25) is 9.59 Å². The van der Waals surface area contributed by atoms with E-state index in [4.69, 9.17) is 0 Å². The van der Waals surface area contributed by atoms with Gasteiger partial charge < -0.3 is 10.6 Å². The van der Waals surface area contributed by atoms with Gasteiger partial charge in [0, 0.05) is 26.4 Å². The summed E-state index contributed by atoms with van der Waals surface area (Å²) in [5, 5.41) is 5.52. The Kier molecular flexibility index (Phi) is 4.59. The van der Waals surface area contributed by atoms with Crippen molar-refractivity contribution in [3.05, 3.63) is 0 Å². The number of carbonyl (C=O) groups is 2. The molecule has 4 nitrogen and oxygen atoms in total. The maximum atomic E-state index is 11.4. The minimum absolute atomic E-state index is 0.0309. The second-order valence-electron chi connectivity index (χ2n) is 4.27. The van der Waals surface area contributed by atoms with E-state index >= 15 is 0 Å². The molecule has 0 aliphatic heterocycles. The number of carbonyl (C=O) groups excluding carboxylic acids is 2. The molecule has 0 heterocycles. The fraction of sp³-hybridized carbons (Fsp3) is 0.818. The molecule has 0 atom stereocenters. The number of rotatable bonds is 3. The molecule has 1 aliphatic rings. The van der Waals surface area contributed by atoms with Gasteiger partial charge in [0.05, 0.1) is 0 Å². The highest BCUT2D eigenvalue weighted by Gasteiger charge is 2.25. The molecule has 0 radical (unpaired) electrons. The van der Waals surface area contributed by atoms with E-state index in [1.165, 1.54) is 6.92 Å². The van der Waals surface area contributed by atoms with Crippen LogP contribution in [0, 0.1) is 11.8 Å². The molecule has 0 aromatic heterocycles. The van der Waals surface area contributed by atoms with Crippen molar-refractivity contribution in [2.75, 3.05) is 13.6 Å². The first-order chi connectivity index (χ1) is 7.13. The Balaban J connectivity index is 2.23. The molecule has 0 spiro atoms. The third kappa shape index (κ3) is 3.90. The number of nitrogens with one attached hydrogen (secondary N) is 2. The largest absolute Gasteiger partial charge is 0.359 e. The van der Waals surface area contributed by atoms with Crippen LogP contribution in [0.3, 0.4) is 0 Å². The summed E-state index contributed by atoms with van der Waals surface area (Å²) in [6.45, 7) is 2.30. The second kappa shape index (κ2) is 5.73. The van der Waals surface area contributed by atoms with Gasteiger partial charge in [-0.05, 0) is 31.6 Å². The highest BCUT2D eigenvalue weighted by molar-refractivity contribution is 5.78. The quantitative estimate of drug-likeness (QED) is 0.722.